The number of ether oxygens (including phenoxy) is 1. The van der Waals surface area contributed by atoms with E-state index in [1.165, 1.54) is 30.3 Å². The Labute approximate surface area is 195 Å². The van der Waals surface area contributed by atoms with Crippen molar-refractivity contribution in [3.8, 4) is 11.5 Å². The van der Waals surface area contributed by atoms with Crippen LogP contribution in [-0.2, 0) is 10.1 Å². The Balaban J connectivity index is 0.00000210. The van der Waals surface area contributed by atoms with Gasteiger partial charge in [0.2, 0.25) is 0 Å². The molecule has 0 saturated carbocycles. The Hall–Kier alpha value is -1.38. The molecule has 0 radical (unpaired) electrons. The quantitative estimate of drug-likeness (QED) is 0.369. The first-order valence-corrected chi connectivity index (χ1v) is 9.79. The van der Waals surface area contributed by atoms with Crippen molar-refractivity contribution in [1.82, 2.24) is 0 Å². The van der Waals surface area contributed by atoms with Gasteiger partial charge in [-0.15, -0.1) is 0 Å². The zero-order valence-corrected chi connectivity index (χ0v) is 18.9. The van der Waals surface area contributed by atoms with Crippen LogP contribution < -0.4 is 34.3 Å². The van der Waals surface area contributed by atoms with E-state index in [2.05, 4.69) is 0 Å². The van der Waals surface area contributed by atoms with Crippen molar-refractivity contribution < 1.29 is 53.5 Å². The maximum absolute atomic E-state index is 12.6. The first kappa shape index (κ1) is 22.9. The number of carbonyl (C=O) groups excluding carboxylic acids is 1. The minimum Gasteiger partial charge on any atom is -1.00 e. The van der Waals surface area contributed by atoms with Crippen LogP contribution in [0.2, 0.25) is 10.0 Å². The van der Waals surface area contributed by atoms with E-state index in [-0.39, 0.29) is 41.7 Å². The van der Waals surface area contributed by atoms with E-state index in [1.54, 1.807) is 36.4 Å². The van der Waals surface area contributed by atoms with Crippen LogP contribution in [0.3, 0.4) is 0 Å². The first-order chi connectivity index (χ1) is 12.7. The van der Waals surface area contributed by atoms with Crippen LogP contribution in [-0.4, -0.2) is 18.8 Å². The summed E-state index contributed by atoms with van der Waals surface area (Å²) in [7, 11) is -4.25. The van der Waals surface area contributed by atoms with Gasteiger partial charge in [-0.3, -0.25) is 9.35 Å². The molecule has 0 heterocycles. The van der Waals surface area contributed by atoms with E-state index in [4.69, 9.17) is 32.5 Å². The van der Waals surface area contributed by atoms with Gasteiger partial charge in [-0.2, -0.15) is 8.42 Å². The Morgan fingerprint density at radius 1 is 0.893 bits per heavy atom. The second kappa shape index (κ2) is 9.41. The Bertz CT molecular complexity index is 1100. The zero-order valence-electron chi connectivity index (χ0n) is 15.6. The Morgan fingerprint density at radius 2 is 1.43 bits per heavy atom. The van der Waals surface area contributed by atoms with E-state index in [1.807, 2.05) is 0 Å². The van der Waals surface area contributed by atoms with Crippen molar-refractivity contribution in [2.24, 2.45) is 0 Å². The molecule has 0 saturated heterocycles. The molecule has 0 aliphatic rings. The third-order valence-corrected chi connectivity index (χ3v) is 5.08. The normalized spacial score (nSPS) is 10.8. The number of halogens is 2. The number of hydrogen-bond acceptors (Lipinski definition) is 4. The molecule has 0 fully saturated rings. The monoisotopic (exact) mass is 446 g/mol. The van der Waals surface area contributed by atoms with E-state index >= 15 is 0 Å². The fourth-order valence-electron chi connectivity index (χ4n) is 2.32. The van der Waals surface area contributed by atoms with Crippen LogP contribution in [0.5, 0.6) is 11.5 Å². The van der Waals surface area contributed by atoms with Gasteiger partial charge in [0, 0.05) is 16.1 Å². The number of carbonyl (C=O) groups is 1. The van der Waals surface area contributed by atoms with Crippen molar-refractivity contribution in [2.75, 3.05) is 0 Å². The van der Waals surface area contributed by atoms with E-state index in [0.717, 1.165) is 0 Å². The summed E-state index contributed by atoms with van der Waals surface area (Å²) in [6, 6.07) is 16.3. The molecule has 5 nitrogen and oxygen atoms in total. The zero-order chi connectivity index (χ0) is 19.6. The molecule has 3 aromatic carbocycles. The second-order valence-corrected chi connectivity index (χ2v) is 7.79. The predicted octanol–water partition coefficient (Wildman–Crippen LogP) is 2.38. The molecule has 0 aliphatic carbocycles. The topological polar surface area (TPSA) is 80.7 Å². The Kier molecular flexibility index (Phi) is 7.70. The fraction of sp³-hybridized carbons (Fsp3) is 0. The van der Waals surface area contributed by atoms with Crippen molar-refractivity contribution >= 4 is 39.1 Å². The number of hydrogen-bond donors (Lipinski definition) is 1. The minimum absolute atomic E-state index is 0. The molecule has 3 rings (SSSR count). The SMILES string of the molecule is O=C(c1ccc(Oc2ccc(S(=O)(=O)O)cc2)cc1)c1cc(Cl)ccc1Cl.[H-].[Na+]. The van der Waals surface area contributed by atoms with E-state index < -0.39 is 10.1 Å². The number of benzene rings is 3. The Morgan fingerprint density at radius 3 is 1.96 bits per heavy atom. The molecule has 1 N–H and O–H groups in total. The summed E-state index contributed by atoms with van der Waals surface area (Å²) in [6.07, 6.45) is 0. The second-order valence-electron chi connectivity index (χ2n) is 5.53. The maximum atomic E-state index is 12.6. The summed E-state index contributed by atoms with van der Waals surface area (Å²) >= 11 is 12.0. The average Bonchev–Trinajstić information content (AvgIpc) is 2.63. The third kappa shape index (κ3) is 5.58. The summed E-state index contributed by atoms with van der Waals surface area (Å²) < 4.78 is 36.6. The molecule has 0 aromatic heterocycles. The fourth-order valence-corrected chi connectivity index (χ4v) is 3.17. The summed E-state index contributed by atoms with van der Waals surface area (Å²) in [4.78, 5) is 12.3. The van der Waals surface area contributed by atoms with Crippen LogP contribution in [0.15, 0.2) is 71.6 Å². The maximum Gasteiger partial charge on any atom is 1.00 e. The van der Waals surface area contributed by atoms with Crippen LogP contribution in [0.4, 0.5) is 0 Å². The van der Waals surface area contributed by atoms with Gasteiger partial charge < -0.3 is 6.16 Å². The standard InChI is InChI=1S/C19H12Cl2O5S.Na.H/c20-13-3-10-18(21)17(11-13)19(22)12-1-4-14(5-2-12)26-15-6-8-16(9-7-15)27(23,24)25;;/h1-11H,(H,23,24,25);;/q;+1;-1. The van der Waals surface area contributed by atoms with Gasteiger partial charge in [0.25, 0.3) is 10.1 Å². The molecule has 0 amide bonds. The molecule has 0 bridgehead atoms. The minimum atomic E-state index is -4.25. The van der Waals surface area contributed by atoms with Crippen LogP contribution in [0.25, 0.3) is 0 Å². The van der Waals surface area contributed by atoms with Gasteiger partial charge in [0.1, 0.15) is 11.5 Å². The summed E-state index contributed by atoms with van der Waals surface area (Å²) in [5.74, 6) is 0.550. The average molecular weight is 447 g/mol. The molecule has 0 atom stereocenters. The largest absolute Gasteiger partial charge is 1.00 e. The van der Waals surface area contributed by atoms with Crippen LogP contribution in [0.1, 0.15) is 17.3 Å². The van der Waals surface area contributed by atoms with Crippen molar-refractivity contribution in [2.45, 2.75) is 4.90 Å². The summed E-state index contributed by atoms with van der Waals surface area (Å²) in [6.45, 7) is 0. The molecule has 0 spiro atoms. The number of rotatable bonds is 5. The molecule has 28 heavy (non-hydrogen) atoms. The molecule has 140 valence electrons. The van der Waals surface area contributed by atoms with Gasteiger partial charge in [-0.25, -0.2) is 0 Å². The van der Waals surface area contributed by atoms with Gasteiger partial charge in [0.05, 0.1) is 9.92 Å². The summed E-state index contributed by atoms with van der Waals surface area (Å²) in [5, 5.41) is 0.722. The molecule has 0 unspecified atom stereocenters. The number of ketones is 1. The van der Waals surface area contributed by atoms with E-state index in [9.17, 15) is 13.2 Å². The first-order valence-electron chi connectivity index (χ1n) is 7.59. The van der Waals surface area contributed by atoms with Crippen LogP contribution >= 0.6 is 23.2 Å². The van der Waals surface area contributed by atoms with Crippen LogP contribution in [0, 0.1) is 0 Å². The van der Waals surface area contributed by atoms with Crippen molar-refractivity contribution in [3.63, 3.8) is 0 Å². The molecular weight excluding hydrogens is 434 g/mol. The van der Waals surface area contributed by atoms with Gasteiger partial charge in [0.15, 0.2) is 5.78 Å². The molecule has 0 aliphatic heterocycles. The van der Waals surface area contributed by atoms with Crippen molar-refractivity contribution in [1.29, 1.82) is 0 Å². The predicted molar refractivity (Wildman–Crippen MR) is 104 cm³/mol. The third-order valence-electron chi connectivity index (χ3n) is 3.65. The smallest absolute Gasteiger partial charge is 1.00 e. The molecule has 3 aromatic rings. The van der Waals surface area contributed by atoms with Gasteiger partial charge >= 0.3 is 29.6 Å². The van der Waals surface area contributed by atoms with Gasteiger partial charge in [-0.05, 0) is 66.7 Å². The van der Waals surface area contributed by atoms with Gasteiger partial charge in [-0.1, -0.05) is 23.2 Å². The van der Waals surface area contributed by atoms with Crippen molar-refractivity contribution in [3.05, 3.63) is 87.9 Å². The van der Waals surface area contributed by atoms with E-state index in [0.29, 0.717) is 32.7 Å². The summed E-state index contributed by atoms with van der Waals surface area (Å²) in [5.41, 5.74) is 0.715. The molecule has 9 heteroatoms. The molecular formula is C19H13Cl2NaO5S.